The maximum Gasteiger partial charge on any atom is 0.143 e. The van der Waals surface area contributed by atoms with Crippen LogP contribution in [-0.4, -0.2) is 32.3 Å². The van der Waals surface area contributed by atoms with Crippen molar-refractivity contribution in [2.24, 2.45) is 5.73 Å². The van der Waals surface area contributed by atoms with Crippen LogP contribution in [0.2, 0.25) is 0 Å². The Morgan fingerprint density at radius 1 is 1.33 bits per heavy atom. The van der Waals surface area contributed by atoms with Crippen molar-refractivity contribution in [3.63, 3.8) is 0 Å². The molecule has 94 valence electrons. The van der Waals surface area contributed by atoms with E-state index in [1.165, 1.54) is 0 Å². The van der Waals surface area contributed by atoms with Crippen molar-refractivity contribution in [3.8, 4) is 5.69 Å². The quantitative estimate of drug-likeness (QED) is 0.840. The molecule has 1 heterocycles. The third kappa shape index (κ3) is 2.33. The van der Waals surface area contributed by atoms with Crippen LogP contribution in [0, 0.1) is 0 Å². The highest BCUT2D eigenvalue weighted by Crippen LogP contribution is 2.22. The van der Waals surface area contributed by atoms with Crippen molar-refractivity contribution < 1.29 is 0 Å². The number of nitrogens with two attached hydrogens (primary N) is 1. The standard InChI is InChI=1S/C12H16N6/c13-9-4-5-11(6-9)15-10-2-1-3-12(7-10)18-8-14-16-17-18/h1-3,7-9,11,15H,4-6,13H2. The van der Waals surface area contributed by atoms with E-state index in [-0.39, 0.29) is 0 Å². The van der Waals surface area contributed by atoms with E-state index >= 15 is 0 Å². The van der Waals surface area contributed by atoms with Crippen molar-refractivity contribution in [1.29, 1.82) is 0 Å². The van der Waals surface area contributed by atoms with Crippen LogP contribution >= 0.6 is 0 Å². The Morgan fingerprint density at radius 2 is 2.28 bits per heavy atom. The second-order valence-corrected chi connectivity index (χ2v) is 4.72. The summed E-state index contributed by atoms with van der Waals surface area (Å²) in [5.41, 5.74) is 7.95. The van der Waals surface area contributed by atoms with Crippen LogP contribution in [-0.2, 0) is 0 Å². The van der Waals surface area contributed by atoms with E-state index in [1.54, 1.807) is 11.0 Å². The molecule has 1 fully saturated rings. The van der Waals surface area contributed by atoms with Crippen molar-refractivity contribution in [1.82, 2.24) is 20.2 Å². The molecule has 18 heavy (non-hydrogen) atoms. The maximum absolute atomic E-state index is 5.92. The van der Waals surface area contributed by atoms with E-state index in [0.717, 1.165) is 30.6 Å². The number of benzene rings is 1. The van der Waals surface area contributed by atoms with Crippen LogP contribution in [0.5, 0.6) is 0 Å². The van der Waals surface area contributed by atoms with E-state index in [4.69, 9.17) is 5.73 Å². The summed E-state index contributed by atoms with van der Waals surface area (Å²) in [7, 11) is 0. The van der Waals surface area contributed by atoms with Gasteiger partial charge in [0, 0.05) is 17.8 Å². The fourth-order valence-corrected chi connectivity index (χ4v) is 2.40. The van der Waals surface area contributed by atoms with Crippen LogP contribution in [0.4, 0.5) is 5.69 Å². The van der Waals surface area contributed by atoms with Crippen LogP contribution < -0.4 is 11.1 Å². The number of anilines is 1. The minimum Gasteiger partial charge on any atom is -0.382 e. The molecule has 0 aliphatic heterocycles. The summed E-state index contributed by atoms with van der Waals surface area (Å²) in [6, 6.07) is 8.88. The first-order valence-corrected chi connectivity index (χ1v) is 6.17. The largest absolute Gasteiger partial charge is 0.382 e. The summed E-state index contributed by atoms with van der Waals surface area (Å²) in [5, 5.41) is 14.7. The summed E-state index contributed by atoms with van der Waals surface area (Å²) in [6.07, 6.45) is 4.86. The third-order valence-corrected chi connectivity index (χ3v) is 3.30. The number of aromatic nitrogens is 4. The molecule has 6 heteroatoms. The summed E-state index contributed by atoms with van der Waals surface area (Å²) >= 11 is 0. The lowest BCUT2D eigenvalue weighted by molar-refractivity contribution is 0.688. The van der Waals surface area contributed by atoms with Gasteiger partial charge < -0.3 is 11.1 Å². The molecule has 0 bridgehead atoms. The Kier molecular flexibility index (Phi) is 2.93. The minimum atomic E-state index is 0.338. The Labute approximate surface area is 105 Å². The van der Waals surface area contributed by atoms with Crippen molar-refractivity contribution in [3.05, 3.63) is 30.6 Å². The SMILES string of the molecule is NC1CCC(Nc2cccc(-n3cnnn3)c2)C1. The van der Waals surface area contributed by atoms with Gasteiger partial charge in [0.25, 0.3) is 0 Å². The summed E-state index contributed by atoms with van der Waals surface area (Å²) in [6.45, 7) is 0. The molecule has 1 aliphatic rings. The highest BCUT2D eigenvalue weighted by Gasteiger charge is 2.21. The smallest absolute Gasteiger partial charge is 0.143 e. The van der Waals surface area contributed by atoms with E-state index in [1.807, 2.05) is 18.2 Å². The molecule has 0 spiro atoms. The molecule has 0 radical (unpaired) electrons. The molecule has 3 N–H and O–H groups in total. The van der Waals surface area contributed by atoms with Gasteiger partial charge in [-0.2, -0.15) is 0 Å². The van der Waals surface area contributed by atoms with Crippen molar-refractivity contribution in [2.75, 3.05) is 5.32 Å². The number of hydrogen-bond acceptors (Lipinski definition) is 5. The molecular weight excluding hydrogens is 228 g/mol. The number of hydrogen-bond donors (Lipinski definition) is 2. The average molecular weight is 244 g/mol. The first kappa shape index (κ1) is 11.2. The van der Waals surface area contributed by atoms with Crippen LogP contribution in [0.1, 0.15) is 19.3 Å². The van der Waals surface area contributed by atoms with Gasteiger partial charge in [-0.05, 0) is 47.9 Å². The molecule has 2 aromatic rings. The molecule has 1 aromatic carbocycles. The van der Waals surface area contributed by atoms with Crippen molar-refractivity contribution in [2.45, 2.75) is 31.3 Å². The molecular formula is C12H16N6. The second-order valence-electron chi connectivity index (χ2n) is 4.72. The lowest BCUT2D eigenvalue weighted by Crippen LogP contribution is -2.20. The monoisotopic (exact) mass is 244 g/mol. The summed E-state index contributed by atoms with van der Waals surface area (Å²) < 4.78 is 1.64. The van der Waals surface area contributed by atoms with Gasteiger partial charge in [-0.3, -0.25) is 0 Å². The van der Waals surface area contributed by atoms with E-state index in [9.17, 15) is 0 Å². The molecule has 0 amide bonds. The van der Waals surface area contributed by atoms with Gasteiger partial charge in [-0.1, -0.05) is 6.07 Å². The lowest BCUT2D eigenvalue weighted by Gasteiger charge is -2.14. The Hall–Kier alpha value is -1.95. The average Bonchev–Trinajstić information content (AvgIpc) is 3.01. The van der Waals surface area contributed by atoms with Gasteiger partial charge in [-0.25, -0.2) is 4.68 Å². The minimum absolute atomic E-state index is 0.338. The van der Waals surface area contributed by atoms with Crippen LogP contribution in [0.15, 0.2) is 30.6 Å². The number of rotatable bonds is 3. The van der Waals surface area contributed by atoms with Crippen LogP contribution in [0.25, 0.3) is 5.69 Å². The van der Waals surface area contributed by atoms with E-state index in [0.29, 0.717) is 12.1 Å². The normalized spacial score (nSPS) is 23.2. The zero-order valence-electron chi connectivity index (χ0n) is 10.0. The Balaban J connectivity index is 1.75. The van der Waals surface area contributed by atoms with E-state index < -0.39 is 0 Å². The molecule has 1 aliphatic carbocycles. The fraction of sp³-hybridized carbons (Fsp3) is 0.417. The summed E-state index contributed by atoms with van der Waals surface area (Å²) in [5.74, 6) is 0. The molecule has 1 saturated carbocycles. The highest BCUT2D eigenvalue weighted by molar-refractivity contribution is 5.51. The van der Waals surface area contributed by atoms with E-state index in [2.05, 4.69) is 26.9 Å². The van der Waals surface area contributed by atoms with Gasteiger partial charge in [0.2, 0.25) is 0 Å². The molecule has 1 aromatic heterocycles. The second kappa shape index (κ2) is 4.73. The topological polar surface area (TPSA) is 81.6 Å². The van der Waals surface area contributed by atoms with Crippen LogP contribution in [0.3, 0.4) is 0 Å². The maximum atomic E-state index is 5.92. The number of nitrogens with one attached hydrogen (secondary N) is 1. The molecule has 2 unspecified atom stereocenters. The van der Waals surface area contributed by atoms with Gasteiger partial charge in [-0.15, -0.1) is 5.10 Å². The van der Waals surface area contributed by atoms with Gasteiger partial charge in [0.1, 0.15) is 6.33 Å². The number of nitrogens with zero attached hydrogens (tertiary/aromatic N) is 4. The van der Waals surface area contributed by atoms with Crippen molar-refractivity contribution >= 4 is 5.69 Å². The van der Waals surface area contributed by atoms with Gasteiger partial charge >= 0.3 is 0 Å². The molecule has 3 rings (SSSR count). The first-order valence-electron chi connectivity index (χ1n) is 6.17. The fourth-order valence-electron chi connectivity index (χ4n) is 2.40. The highest BCUT2D eigenvalue weighted by atomic mass is 15.5. The molecule has 2 atom stereocenters. The lowest BCUT2D eigenvalue weighted by atomic mass is 10.2. The molecule has 6 nitrogen and oxygen atoms in total. The first-order chi connectivity index (χ1) is 8.81. The van der Waals surface area contributed by atoms with Gasteiger partial charge in [0.15, 0.2) is 0 Å². The zero-order valence-corrected chi connectivity index (χ0v) is 10.0. The predicted molar refractivity (Wildman–Crippen MR) is 68.4 cm³/mol. The number of tetrazole rings is 1. The Bertz CT molecular complexity index is 509. The predicted octanol–water partition coefficient (Wildman–Crippen LogP) is 0.954. The third-order valence-electron chi connectivity index (χ3n) is 3.30. The van der Waals surface area contributed by atoms with Gasteiger partial charge in [0.05, 0.1) is 5.69 Å². The Morgan fingerprint density at radius 3 is 3.00 bits per heavy atom. The summed E-state index contributed by atoms with van der Waals surface area (Å²) in [4.78, 5) is 0. The zero-order chi connectivity index (χ0) is 12.4. The molecule has 0 saturated heterocycles.